The fourth-order valence-electron chi connectivity index (χ4n) is 1.64. The molecule has 0 spiro atoms. The van der Waals surface area contributed by atoms with Crippen LogP contribution < -0.4 is 16.0 Å². The minimum Gasteiger partial charge on any atom is -0.480 e. The van der Waals surface area contributed by atoms with E-state index in [4.69, 9.17) is 5.11 Å². The van der Waals surface area contributed by atoms with Crippen molar-refractivity contribution in [3.63, 3.8) is 0 Å². The van der Waals surface area contributed by atoms with Crippen molar-refractivity contribution in [2.24, 2.45) is 0 Å². The Labute approximate surface area is 125 Å². The molecule has 0 saturated heterocycles. The number of carboxylic acids is 1. The lowest BCUT2D eigenvalue weighted by Gasteiger charge is -2.16. The Kier molecular flexibility index (Phi) is 10.0. The minimum atomic E-state index is -1.12. The van der Waals surface area contributed by atoms with Gasteiger partial charge in [-0.2, -0.15) is 0 Å². The summed E-state index contributed by atoms with van der Waals surface area (Å²) in [5.74, 6) is -1.64. The molecule has 0 heterocycles. The van der Waals surface area contributed by atoms with E-state index in [1.165, 1.54) is 26.7 Å². The zero-order chi connectivity index (χ0) is 16.3. The molecule has 0 aromatic carbocycles. The van der Waals surface area contributed by atoms with E-state index in [-0.39, 0.29) is 0 Å². The average Bonchev–Trinajstić information content (AvgIpc) is 2.42. The standard InChI is InChI=1S/C14H27N3O4/c1-4-5-6-7-8-9-15-14(21)17-10(2)12(18)16-11(3)13(19)20/h10-11H,4-9H2,1-3H3,(H,16,18)(H,19,20)(H2,15,17,21)/t10-,11-/m0/s1. The Morgan fingerprint density at radius 1 is 0.952 bits per heavy atom. The number of carbonyl (C=O) groups excluding carboxylic acids is 2. The first-order valence-corrected chi connectivity index (χ1v) is 7.46. The summed E-state index contributed by atoms with van der Waals surface area (Å²) >= 11 is 0. The summed E-state index contributed by atoms with van der Waals surface area (Å²) in [4.78, 5) is 33.8. The van der Waals surface area contributed by atoms with Crippen LogP contribution in [0.5, 0.6) is 0 Å². The maximum absolute atomic E-state index is 11.6. The number of unbranched alkanes of at least 4 members (excludes halogenated alkanes) is 4. The number of hydrogen-bond donors (Lipinski definition) is 4. The molecule has 0 rings (SSSR count). The summed E-state index contributed by atoms with van der Waals surface area (Å²) in [7, 11) is 0. The highest BCUT2D eigenvalue weighted by molar-refractivity contribution is 5.89. The quantitative estimate of drug-likeness (QED) is 0.455. The van der Waals surface area contributed by atoms with Crippen molar-refractivity contribution in [2.75, 3.05) is 6.54 Å². The lowest BCUT2D eigenvalue weighted by molar-refractivity contribution is -0.141. The van der Waals surface area contributed by atoms with Gasteiger partial charge in [0.1, 0.15) is 12.1 Å². The number of amides is 3. The lowest BCUT2D eigenvalue weighted by Crippen LogP contribution is -2.51. The number of rotatable bonds is 10. The van der Waals surface area contributed by atoms with Crippen molar-refractivity contribution in [2.45, 2.75) is 65.0 Å². The maximum atomic E-state index is 11.6. The summed E-state index contributed by atoms with van der Waals surface area (Å²) in [6.07, 6.45) is 5.51. The molecule has 4 N–H and O–H groups in total. The number of carbonyl (C=O) groups is 3. The van der Waals surface area contributed by atoms with Crippen molar-refractivity contribution in [1.29, 1.82) is 0 Å². The van der Waals surface area contributed by atoms with Crippen molar-refractivity contribution in [1.82, 2.24) is 16.0 Å². The van der Waals surface area contributed by atoms with Gasteiger partial charge in [0.25, 0.3) is 0 Å². The van der Waals surface area contributed by atoms with Crippen molar-refractivity contribution in [3.8, 4) is 0 Å². The largest absolute Gasteiger partial charge is 0.480 e. The van der Waals surface area contributed by atoms with Crippen molar-refractivity contribution < 1.29 is 19.5 Å². The molecule has 0 aliphatic rings. The highest BCUT2D eigenvalue weighted by Gasteiger charge is 2.20. The molecule has 122 valence electrons. The van der Waals surface area contributed by atoms with Crippen LogP contribution in [0.2, 0.25) is 0 Å². The third-order valence-electron chi connectivity index (χ3n) is 3.04. The van der Waals surface area contributed by atoms with Gasteiger partial charge in [0.2, 0.25) is 5.91 Å². The zero-order valence-electron chi connectivity index (χ0n) is 13.1. The molecule has 0 unspecified atom stereocenters. The van der Waals surface area contributed by atoms with E-state index >= 15 is 0 Å². The Morgan fingerprint density at radius 2 is 1.57 bits per heavy atom. The Bertz CT molecular complexity index is 347. The van der Waals surface area contributed by atoms with Crippen molar-refractivity contribution >= 4 is 17.9 Å². The van der Waals surface area contributed by atoms with Crippen LogP contribution in [0.15, 0.2) is 0 Å². The van der Waals surface area contributed by atoms with Crippen LogP contribution in [0.4, 0.5) is 4.79 Å². The highest BCUT2D eigenvalue weighted by Crippen LogP contribution is 2.00. The molecular weight excluding hydrogens is 274 g/mol. The van der Waals surface area contributed by atoms with E-state index in [1.54, 1.807) is 0 Å². The number of carboxylic acid groups (broad SMARTS) is 1. The number of aliphatic carboxylic acids is 1. The zero-order valence-corrected chi connectivity index (χ0v) is 13.1. The van der Waals surface area contributed by atoms with Gasteiger partial charge in [-0.25, -0.2) is 4.79 Å². The van der Waals surface area contributed by atoms with E-state index in [1.807, 2.05) is 0 Å². The number of hydrogen-bond acceptors (Lipinski definition) is 3. The highest BCUT2D eigenvalue weighted by atomic mass is 16.4. The molecule has 0 aliphatic carbocycles. The van der Waals surface area contributed by atoms with Crippen LogP contribution >= 0.6 is 0 Å². The van der Waals surface area contributed by atoms with Crippen molar-refractivity contribution in [3.05, 3.63) is 0 Å². The van der Waals surface area contributed by atoms with Gasteiger partial charge in [0, 0.05) is 6.54 Å². The summed E-state index contributed by atoms with van der Waals surface area (Å²) in [6.45, 7) is 5.58. The van der Waals surface area contributed by atoms with Crippen LogP contribution in [-0.2, 0) is 9.59 Å². The van der Waals surface area contributed by atoms with E-state index in [0.717, 1.165) is 19.3 Å². The second kappa shape index (κ2) is 10.9. The molecule has 0 saturated carbocycles. The maximum Gasteiger partial charge on any atom is 0.325 e. The summed E-state index contributed by atoms with van der Waals surface area (Å²) in [6, 6.07) is -2.19. The average molecular weight is 301 g/mol. The van der Waals surface area contributed by atoms with Gasteiger partial charge < -0.3 is 21.1 Å². The number of urea groups is 1. The molecule has 7 nitrogen and oxygen atoms in total. The van der Waals surface area contributed by atoms with Crippen LogP contribution in [0, 0.1) is 0 Å². The molecule has 0 radical (unpaired) electrons. The fraction of sp³-hybridized carbons (Fsp3) is 0.786. The Morgan fingerprint density at radius 3 is 2.14 bits per heavy atom. The second-order valence-corrected chi connectivity index (χ2v) is 5.10. The Hall–Kier alpha value is -1.79. The van der Waals surface area contributed by atoms with Gasteiger partial charge in [-0.3, -0.25) is 9.59 Å². The predicted octanol–water partition coefficient (Wildman–Crippen LogP) is 1.23. The van der Waals surface area contributed by atoms with E-state index in [9.17, 15) is 14.4 Å². The SMILES string of the molecule is CCCCCCCNC(=O)N[C@@H](C)C(=O)N[C@@H](C)C(=O)O. The van der Waals surface area contributed by atoms with E-state index in [2.05, 4.69) is 22.9 Å². The first kappa shape index (κ1) is 19.2. The molecule has 0 aromatic rings. The third kappa shape index (κ3) is 9.70. The van der Waals surface area contributed by atoms with Gasteiger partial charge in [-0.05, 0) is 20.3 Å². The fourth-order valence-corrected chi connectivity index (χ4v) is 1.64. The molecule has 0 aliphatic heterocycles. The summed E-state index contributed by atoms with van der Waals surface area (Å²) in [5, 5.41) is 16.1. The normalized spacial score (nSPS) is 13.1. The van der Waals surface area contributed by atoms with E-state index < -0.39 is 30.0 Å². The molecule has 0 fully saturated rings. The third-order valence-corrected chi connectivity index (χ3v) is 3.04. The molecule has 3 amide bonds. The summed E-state index contributed by atoms with van der Waals surface area (Å²) < 4.78 is 0. The molecule has 2 atom stereocenters. The van der Waals surface area contributed by atoms with Crippen LogP contribution in [0.1, 0.15) is 52.9 Å². The molecule has 21 heavy (non-hydrogen) atoms. The van der Waals surface area contributed by atoms with Crippen LogP contribution in [-0.4, -0.2) is 41.6 Å². The van der Waals surface area contributed by atoms with Gasteiger partial charge in [-0.15, -0.1) is 0 Å². The van der Waals surface area contributed by atoms with Gasteiger partial charge in [-0.1, -0.05) is 32.6 Å². The minimum absolute atomic E-state index is 0.420. The Balaban J connectivity index is 3.83. The number of nitrogens with one attached hydrogen (secondary N) is 3. The molecule has 0 aromatic heterocycles. The predicted molar refractivity (Wildman–Crippen MR) is 80.0 cm³/mol. The van der Waals surface area contributed by atoms with Crippen LogP contribution in [0.3, 0.4) is 0 Å². The van der Waals surface area contributed by atoms with Crippen LogP contribution in [0.25, 0.3) is 0 Å². The molecular formula is C14H27N3O4. The van der Waals surface area contributed by atoms with Gasteiger partial charge in [0.05, 0.1) is 0 Å². The van der Waals surface area contributed by atoms with E-state index in [0.29, 0.717) is 6.54 Å². The first-order chi connectivity index (χ1) is 9.88. The first-order valence-electron chi connectivity index (χ1n) is 7.46. The monoisotopic (exact) mass is 301 g/mol. The smallest absolute Gasteiger partial charge is 0.325 e. The molecule has 7 heteroatoms. The van der Waals surface area contributed by atoms with Gasteiger partial charge in [0.15, 0.2) is 0 Å². The second-order valence-electron chi connectivity index (χ2n) is 5.10. The lowest BCUT2D eigenvalue weighted by atomic mass is 10.1. The molecule has 0 bridgehead atoms. The van der Waals surface area contributed by atoms with Gasteiger partial charge >= 0.3 is 12.0 Å². The summed E-state index contributed by atoms with van der Waals surface area (Å²) in [5.41, 5.74) is 0. The topological polar surface area (TPSA) is 108 Å².